The van der Waals surface area contributed by atoms with Gasteiger partial charge in [-0.15, -0.1) is 0 Å². The van der Waals surface area contributed by atoms with E-state index < -0.39 is 5.92 Å². The molecule has 0 bridgehead atoms. The molecular weight excluding hydrogens is 302 g/mol. The molecule has 1 atom stereocenters. The Morgan fingerprint density at radius 1 is 1.12 bits per heavy atom. The lowest BCUT2D eigenvalue weighted by Gasteiger charge is -2.16. The highest BCUT2D eigenvalue weighted by atomic mass is 16.3. The summed E-state index contributed by atoms with van der Waals surface area (Å²) >= 11 is 0. The van der Waals surface area contributed by atoms with Crippen LogP contribution in [0.25, 0.3) is 10.8 Å². The molecule has 0 aliphatic carbocycles. The number of carbonyl (C=O) groups excluding carboxylic acids is 1. The van der Waals surface area contributed by atoms with Gasteiger partial charge in [0.1, 0.15) is 0 Å². The van der Waals surface area contributed by atoms with Gasteiger partial charge >= 0.3 is 0 Å². The van der Waals surface area contributed by atoms with Crippen LogP contribution >= 0.6 is 0 Å². The lowest BCUT2D eigenvalue weighted by Crippen LogP contribution is -2.27. The van der Waals surface area contributed by atoms with Crippen molar-refractivity contribution in [1.82, 2.24) is 4.98 Å². The van der Waals surface area contributed by atoms with Crippen molar-refractivity contribution < 1.29 is 9.90 Å². The van der Waals surface area contributed by atoms with Crippen LogP contribution in [0, 0.1) is 0 Å². The molecule has 1 aromatic heterocycles. The molecule has 3 aromatic rings. The molecule has 1 heterocycles. The number of fused-ring (bicyclic) bond motifs is 1. The van der Waals surface area contributed by atoms with Crippen molar-refractivity contribution in [2.45, 2.75) is 12.5 Å². The van der Waals surface area contributed by atoms with E-state index in [1.165, 1.54) is 0 Å². The van der Waals surface area contributed by atoms with Crippen LogP contribution in [0.15, 0.2) is 60.9 Å². The number of pyridine rings is 1. The highest BCUT2D eigenvalue weighted by Gasteiger charge is 2.19. The zero-order chi connectivity index (χ0) is 16.9. The van der Waals surface area contributed by atoms with Gasteiger partial charge in [0, 0.05) is 30.0 Å². The van der Waals surface area contributed by atoms with E-state index in [9.17, 15) is 4.79 Å². The maximum atomic E-state index is 12.6. The molecule has 2 aromatic carbocycles. The van der Waals surface area contributed by atoms with E-state index in [0.29, 0.717) is 0 Å². The van der Waals surface area contributed by atoms with Crippen LogP contribution in [0.2, 0.25) is 0 Å². The molecule has 0 fully saturated rings. The maximum absolute atomic E-state index is 12.6. The monoisotopic (exact) mass is 321 g/mol. The van der Waals surface area contributed by atoms with Crippen molar-refractivity contribution in [1.29, 1.82) is 0 Å². The van der Waals surface area contributed by atoms with Gasteiger partial charge < -0.3 is 16.2 Å². The summed E-state index contributed by atoms with van der Waals surface area (Å²) < 4.78 is 0. The summed E-state index contributed by atoms with van der Waals surface area (Å²) in [7, 11) is 0. The summed E-state index contributed by atoms with van der Waals surface area (Å²) in [6.07, 6.45) is 3.51. The third-order valence-electron chi connectivity index (χ3n) is 4.02. The molecular formula is C19H19N3O2. The first kappa shape index (κ1) is 16.1. The Bertz CT molecular complexity index is 847. The van der Waals surface area contributed by atoms with Gasteiger partial charge in [-0.25, -0.2) is 0 Å². The minimum atomic E-state index is -0.439. The molecule has 0 aliphatic rings. The number of nitrogens with zero attached hydrogens (tertiary/aromatic N) is 1. The third kappa shape index (κ3) is 3.42. The number of aliphatic hydroxyl groups excluding tert-OH is 1. The van der Waals surface area contributed by atoms with Crippen LogP contribution in [-0.4, -0.2) is 22.5 Å². The summed E-state index contributed by atoms with van der Waals surface area (Å²) in [5.74, 6) is -0.589. The number of aliphatic hydroxyl groups is 1. The number of carbonyl (C=O) groups is 1. The molecule has 0 aliphatic heterocycles. The Labute approximate surface area is 140 Å². The molecule has 3 rings (SSSR count). The summed E-state index contributed by atoms with van der Waals surface area (Å²) in [6.45, 7) is 0.188. The highest BCUT2D eigenvalue weighted by molar-refractivity contribution is 5.98. The average molecular weight is 321 g/mol. The SMILES string of the molecule is NC[C@@H](C(=O)Nc1ccc2cnccc2c1)c1ccc(CO)cc1. The number of benzene rings is 2. The second-order valence-electron chi connectivity index (χ2n) is 5.61. The quantitative estimate of drug-likeness (QED) is 0.673. The average Bonchev–Trinajstić information content (AvgIpc) is 2.63. The standard InChI is InChI=1S/C19H19N3O2/c20-10-18(14-3-1-13(12-23)2-4-14)19(24)22-17-6-5-16-11-21-8-7-15(16)9-17/h1-9,11,18,23H,10,12,20H2,(H,22,24)/t18-/m1/s1. The molecule has 24 heavy (non-hydrogen) atoms. The van der Waals surface area contributed by atoms with Crippen LogP contribution in [-0.2, 0) is 11.4 Å². The highest BCUT2D eigenvalue weighted by Crippen LogP contribution is 2.21. The van der Waals surface area contributed by atoms with Crippen molar-refractivity contribution in [2.75, 3.05) is 11.9 Å². The number of amides is 1. The van der Waals surface area contributed by atoms with Crippen molar-refractivity contribution >= 4 is 22.4 Å². The van der Waals surface area contributed by atoms with Gasteiger partial charge in [-0.05, 0) is 34.7 Å². The summed E-state index contributed by atoms with van der Waals surface area (Å²) in [6, 6.07) is 14.8. The smallest absolute Gasteiger partial charge is 0.233 e. The van der Waals surface area contributed by atoms with Crippen LogP contribution in [0.5, 0.6) is 0 Å². The van der Waals surface area contributed by atoms with Crippen molar-refractivity contribution in [3.8, 4) is 0 Å². The van der Waals surface area contributed by atoms with Gasteiger partial charge in [0.05, 0.1) is 12.5 Å². The van der Waals surface area contributed by atoms with Crippen LogP contribution in [0.1, 0.15) is 17.0 Å². The summed E-state index contributed by atoms with van der Waals surface area (Å²) in [5.41, 5.74) is 8.16. The van der Waals surface area contributed by atoms with E-state index in [4.69, 9.17) is 10.8 Å². The fraction of sp³-hybridized carbons (Fsp3) is 0.158. The minimum Gasteiger partial charge on any atom is -0.392 e. The van der Waals surface area contributed by atoms with Gasteiger partial charge in [0.2, 0.25) is 5.91 Å². The Morgan fingerprint density at radius 2 is 1.92 bits per heavy atom. The third-order valence-corrected chi connectivity index (χ3v) is 4.02. The zero-order valence-corrected chi connectivity index (χ0v) is 13.1. The molecule has 122 valence electrons. The number of hydrogen-bond donors (Lipinski definition) is 3. The van der Waals surface area contributed by atoms with Crippen molar-refractivity contribution in [3.63, 3.8) is 0 Å². The zero-order valence-electron chi connectivity index (χ0n) is 13.1. The Morgan fingerprint density at radius 3 is 2.62 bits per heavy atom. The van der Waals surface area contributed by atoms with Crippen molar-refractivity contribution in [3.05, 3.63) is 72.1 Å². The predicted molar refractivity (Wildman–Crippen MR) is 94.5 cm³/mol. The first-order valence-corrected chi connectivity index (χ1v) is 7.75. The van der Waals surface area contributed by atoms with E-state index in [1.807, 2.05) is 36.4 Å². The molecule has 0 saturated heterocycles. The molecule has 0 saturated carbocycles. The molecule has 0 unspecified atom stereocenters. The van der Waals surface area contributed by atoms with Gasteiger partial charge in [-0.1, -0.05) is 30.3 Å². The number of rotatable bonds is 5. The molecule has 0 radical (unpaired) electrons. The Balaban J connectivity index is 1.79. The van der Waals surface area contributed by atoms with E-state index >= 15 is 0 Å². The second-order valence-corrected chi connectivity index (χ2v) is 5.61. The molecule has 1 amide bonds. The first-order chi connectivity index (χ1) is 11.7. The fourth-order valence-electron chi connectivity index (χ4n) is 2.64. The van der Waals surface area contributed by atoms with Crippen molar-refractivity contribution in [2.24, 2.45) is 5.73 Å². The number of nitrogens with two attached hydrogens (primary N) is 1. The van der Waals surface area contributed by atoms with E-state index in [-0.39, 0.29) is 19.1 Å². The first-order valence-electron chi connectivity index (χ1n) is 7.75. The van der Waals surface area contributed by atoms with E-state index in [2.05, 4.69) is 10.3 Å². The van der Waals surface area contributed by atoms with Gasteiger partial charge in [0.25, 0.3) is 0 Å². The second kappa shape index (κ2) is 7.21. The fourth-order valence-corrected chi connectivity index (χ4v) is 2.64. The number of anilines is 1. The lowest BCUT2D eigenvalue weighted by atomic mass is 9.97. The minimum absolute atomic E-state index is 0.0221. The summed E-state index contributed by atoms with van der Waals surface area (Å²) in [5, 5.41) is 14.1. The topological polar surface area (TPSA) is 88.2 Å². The lowest BCUT2D eigenvalue weighted by molar-refractivity contribution is -0.117. The molecule has 5 heteroatoms. The Hall–Kier alpha value is -2.76. The van der Waals surface area contributed by atoms with Gasteiger partial charge in [-0.3, -0.25) is 9.78 Å². The van der Waals surface area contributed by atoms with Crippen LogP contribution < -0.4 is 11.1 Å². The molecule has 5 nitrogen and oxygen atoms in total. The van der Waals surface area contributed by atoms with Gasteiger partial charge in [0.15, 0.2) is 0 Å². The number of nitrogens with one attached hydrogen (secondary N) is 1. The van der Waals surface area contributed by atoms with Gasteiger partial charge in [-0.2, -0.15) is 0 Å². The Kier molecular flexibility index (Phi) is 4.84. The predicted octanol–water partition coefficient (Wildman–Crippen LogP) is 2.41. The number of hydrogen-bond acceptors (Lipinski definition) is 4. The normalized spacial score (nSPS) is 12.1. The molecule has 4 N–H and O–H groups in total. The maximum Gasteiger partial charge on any atom is 0.233 e. The summed E-state index contributed by atoms with van der Waals surface area (Å²) in [4.78, 5) is 16.7. The number of aromatic nitrogens is 1. The van der Waals surface area contributed by atoms with E-state index in [0.717, 1.165) is 27.6 Å². The van der Waals surface area contributed by atoms with Crippen LogP contribution in [0.3, 0.4) is 0 Å². The van der Waals surface area contributed by atoms with E-state index in [1.54, 1.807) is 24.5 Å². The largest absolute Gasteiger partial charge is 0.392 e. The molecule has 0 spiro atoms. The van der Waals surface area contributed by atoms with Crippen LogP contribution in [0.4, 0.5) is 5.69 Å².